The molecule has 0 atom stereocenters. The van der Waals surface area contributed by atoms with Crippen molar-refractivity contribution < 1.29 is 22.3 Å². The molecule has 0 aliphatic rings. The standard InChI is InChI=1S/C17H18FN3O4S/c1-25-14-9-7-13(8-10-14)11-19-20-17(22)12-21(26(2,23)24)16-6-4-3-5-15(16)18/h3-11H,12H2,1-2H3,(H,20,22)/b19-11-. The number of anilines is 1. The summed E-state index contributed by atoms with van der Waals surface area (Å²) in [7, 11) is -2.31. The van der Waals surface area contributed by atoms with E-state index in [1.54, 1.807) is 31.4 Å². The van der Waals surface area contributed by atoms with Crippen LogP contribution in [0.5, 0.6) is 5.75 Å². The molecule has 0 bridgehead atoms. The first-order chi connectivity index (χ1) is 12.3. The molecule has 9 heteroatoms. The summed E-state index contributed by atoms with van der Waals surface area (Å²) in [5, 5.41) is 3.77. The highest BCUT2D eigenvalue weighted by Gasteiger charge is 2.23. The van der Waals surface area contributed by atoms with Gasteiger partial charge in [0, 0.05) is 0 Å². The van der Waals surface area contributed by atoms with Crippen LogP contribution in [0, 0.1) is 5.82 Å². The van der Waals surface area contributed by atoms with E-state index in [4.69, 9.17) is 4.74 Å². The molecule has 0 aromatic heterocycles. The summed E-state index contributed by atoms with van der Waals surface area (Å²) in [5.41, 5.74) is 2.73. The molecular formula is C17H18FN3O4S. The van der Waals surface area contributed by atoms with Crippen molar-refractivity contribution in [2.24, 2.45) is 5.10 Å². The van der Waals surface area contributed by atoms with E-state index in [2.05, 4.69) is 10.5 Å². The molecule has 0 aliphatic carbocycles. The van der Waals surface area contributed by atoms with E-state index in [-0.39, 0.29) is 5.69 Å². The number of benzene rings is 2. The fourth-order valence-corrected chi connectivity index (χ4v) is 2.93. The fraction of sp³-hybridized carbons (Fsp3) is 0.176. The van der Waals surface area contributed by atoms with Gasteiger partial charge in [-0.2, -0.15) is 5.10 Å². The number of carbonyl (C=O) groups excluding carboxylic acids is 1. The number of sulfonamides is 1. The third-order valence-electron chi connectivity index (χ3n) is 3.33. The van der Waals surface area contributed by atoms with Gasteiger partial charge < -0.3 is 4.74 Å². The number of nitrogens with zero attached hydrogens (tertiary/aromatic N) is 2. The molecule has 0 radical (unpaired) electrons. The van der Waals surface area contributed by atoms with Crippen LogP contribution in [0.3, 0.4) is 0 Å². The predicted octanol–water partition coefficient (Wildman–Crippen LogP) is 1.75. The number of amides is 1. The molecule has 7 nitrogen and oxygen atoms in total. The van der Waals surface area contributed by atoms with Gasteiger partial charge in [-0.05, 0) is 42.0 Å². The van der Waals surface area contributed by atoms with Crippen molar-refractivity contribution >= 4 is 27.8 Å². The Labute approximate surface area is 151 Å². The summed E-state index contributed by atoms with van der Waals surface area (Å²) >= 11 is 0. The summed E-state index contributed by atoms with van der Waals surface area (Å²) in [5.74, 6) is -0.768. The summed E-state index contributed by atoms with van der Waals surface area (Å²) in [6.45, 7) is -0.598. The molecule has 0 fully saturated rings. The van der Waals surface area contributed by atoms with E-state index in [0.717, 1.165) is 12.3 Å². The van der Waals surface area contributed by atoms with Gasteiger partial charge >= 0.3 is 0 Å². The maximum absolute atomic E-state index is 13.9. The van der Waals surface area contributed by atoms with Gasteiger partial charge in [0.25, 0.3) is 5.91 Å². The lowest BCUT2D eigenvalue weighted by Gasteiger charge is -2.21. The second-order valence-corrected chi connectivity index (χ2v) is 7.19. The van der Waals surface area contributed by atoms with E-state index >= 15 is 0 Å². The number of carbonyl (C=O) groups is 1. The molecular weight excluding hydrogens is 361 g/mol. The Morgan fingerprint density at radius 3 is 2.46 bits per heavy atom. The number of ether oxygens (including phenoxy) is 1. The maximum Gasteiger partial charge on any atom is 0.260 e. The SMILES string of the molecule is COc1ccc(/C=N\NC(=O)CN(c2ccccc2F)S(C)(=O)=O)cc1. The number of methoxy groups -OCH3 is 1. The zero-order valence-electron chi connectivity index (χ0n) is 14.2. The predicted molar refractivity (Wildman–Crippen MR) is 97.3 cm³/mol. The lowest BCUT2D eigenvalue weighted by atomic mass is 10.2. The molecule has 138 valence electrons. The molecule has 1 amide bonds. The number of nitrogens with one attached hydrogen (secondary N) is 1. The highest BCUT2D eigenvalue weighted by Crippen LogP contribution is 2.20. The molecule has 0 saturated heterocycles. The molecule has 2 rings (SSSR count). The minimum Gasteiger partial charge on any atom is -0.497 e. The molecule has 0 spiro atoms. The van der Waals surface area contributed by atoms with Crippen LogP contribution in [-0.2, 0) is 14.8 Å². The van der Waals surface area contributed by atoms with E-state index in [0.29, 0.717) is 15.6 Å². The van der Waals surface area contributed by atoms with Crippen molar-refractivity contribution in [2.75, 3.05) is 24.2 Å². The van der Waals surface area contributed by atoms with Gasteiger partial charge in [-0.25, -0.2) is 18.2 Å². The first kappa shape index (κ1) is 19.4. The van der Waals surface area contributed by atoms with Crippen LogP contribution in [-0.4, -0.2) is 40.4 Å². The van der Waals surface area contributed by atoms with Crippen LogP contribution in [0.25, 0.3) is 0 Å². The van der Waals surface area contributed by atoms with Gasteiger partial charge in [-0.1, -0.05) is 12.1 Å². The van der Waals surface area contributed by atoms with Crippen LogP contribution in [0.2, 0.25) is 0 Å². The Balaban J connectivity index is 2.05. The van der Waals surface area contributed by atoms with Gasteiger partial charge in [0.15, 0.2) is 0 Å². The third kappa shape index (κ3) is 5.28. The highest BCUT2D eigenvalue weighted by molar-refractivity contribution is 7.92. The van der Waals surface area contributed by atoms with Crippen LogP contribution >= 0.6 is 0 Å². The number of rotatable bonds is 7. The van der Waals surface area contributed by atoms with Crippen LogP contribution in [0.15, 0.2) is 53.6 Å². The van der Waals surface area contributed by atoms with E-state index in [9.17, 15) is 17.6 Å². The summed E-state index contributed by atoms with van der Waals surface area (Å²) in [6, 6.07) is 12.2. The van der Waals surface area contributed by atoms with E-state index < -0.39 is 28.3 Å². The first-order valence-corrected chi connectivity index (χ1v) is 9.34. The fourth-order valence-electron chi connectivity index (χ4n) is 2.07. The van der Waals surface area contributed by atoms with Crippen LogP contribution < -0.4 is 14.5 Å². The summed E-state index contributed by atoms with van der Waals surface area (Å²) < 4.78 is 43.4. The number of para-hydroxylation sites is 1. The van der Waals surface area contributed by atoms with Crippen molar-refractivity contribution in [3.8, 4) is 5.75 Å². The minimum atomic E-state index is -3.85. The second-order valence-electron chi connectivity index (χ2n) is 5.29. The molecule has 2 aromatic rings. The normalized spacial score (nSPS) is 11.3. The number of halogens is 1. The Bertz CT molecular complexity index is 898. The number of hydrogen-bond donors (Lipinski definition) is 1. The van der Waals surface area contributed by atoms with Gasteiger partial charge in [-0.15, -0.1) is 0 Å². The Kier molecular flexibility index (Phi) is 6.29. The first-order valence-electron chi connectivity index (χ1n) is 7.49. The maximum atomic E-state index is 13.9. The Hall–Kier alpha value is -2.94. The monoisotopic (exact) mass is 379 g/mol. The topological polar surface area (TPSA) is 88.1 Å². The zero-order valence-corrected chi connectivity index (χ0v) is 15.0. The van der Waals surface area contributed by atoms with Crippen LogP contribution in [0.4, 0.5) is 10.1 Å². The molecule has 2 aromatic carbocycles. The largest absolute Gasteiger partial charge is 0.497 e. The number of hydrazone groups is 1. The van der Waals surface area contributed by atoms with Crippen molar-refractivity contribution in [1.29, 1.82) is 0 Å². The smallest absolute Gasteiger partial charge is 0.260 e. The van der Waals surface area contributed by atoms with Gasteiger partial charge in [0.2, 0.25) is 10.0 Å². The van der Waals surface area contributed by atoms with Gasteiger partial charge in [0.05, 0.1) is 25.3 Å². The lowest BCUT2D eigenvalue weighted by molar-refractivity contribution is -0.119. The molecule has 0 saturated carbocycles. The summed E-state index contributed by atoms with van der Waals surface area (Å²) in [6.07, 6.45) is 2.29. The average Bonchev–Trinajstić information content (AvgIpc) is 2.60. The Morgan fingerprint density at radius 1 is 1.23 bits per heavy atom. The van der Waals surface area contributed by atoms with Crippen molar-refractivity contribution in [3.63, 3.8) is 0 Å². The quantitative estimate of drug-likeness (QED) is 0.586. The average molecular weight is 379 g/mol. The van der Waals surface area contributed by atoms with Crippen molar-refractivity contribution in [1.82, 2.24) is 5.43 Å². The Morgan fingerprint density at radius 2 is 1.88 bits per heavy atom. The number of hydrogen-bond acceptors (Lipinski definition) is 5. The van der Waals surface area contributed by atoms with Gasteiger partial charge in [-0.3, -0.25) is 9.10 Å². The van der Waals surface area contributed by atoms with Crippen LogP contribution in [0.1, 0.15) is 5.56 Å². The zero-order chi connectivity index (χ0) is 19.2. The minimum absolute atomic E-state index is 0.204. The molecule has 0 aliphatic heterocycles. The molecule has 26 heavy (non-hydrogen) atoms. The lowest BCUT2D eigenvalue weighted by Crippen LogP contribution is -2.39. The third-order valence-corrected chi connectivity index (χ3v) is 4.45. The van der Waals surface area contributed by atoms with E-state index in [1.807, 2.05) is 0 Å². The highest BCUT2D eigenvalue weighted by atomic mass is 32.2. The van der Waals surface area contributed by atoms with Gasteiger partial charge in [0.1, 0.15) is 18.1 Å². The second kappa shape index (κ2) is 8.43. The van der Waals surface area contributed by atoms with Crippen molar-refractivity contribution in [2.45, 2.75) is 0 Å². The van der Waals surface area contributed by atoms with Crippen molar-refractivity contribution in [3.05, 3.63) is 59.9 Å². The molecule has 0 unspecified atom stereocenters. The molecule has 0 heterocycles. The molecule has 1 N–H and O–H groups in total. The van der Waals surface area contributed by atoms with E-state index in [1.165, 1.54) is 24.4 Å². The summed E-state index contributed by atoms with van der Waals surface area (Å²) in [4.78, 5) is 12.0.